The highest BCUT2D eigenvalue weighted by atomic mass is 79.9. The summed E-state index contributed by atoms with van der Waals surface area (Å²) in [5.41, 5.74) is 6.76. The summed E-state index contributed by atoms with van der Waals surface area (Å²) in [5.74, 6) is -0.262. The van der Waals surface area contributed by atoms with Gasteiger partial charge in [0.15, 0.2) is 5.13 Å². The zero-order valence-electron chi connectivity index (χ0n) is 12.0. The maximum Gasteiger partial charge on any atom is 0.319 e. The number of esters is 1. The maximum absolute atomic E-state index is 11.6. The van der Waals surface area contributed by atoms with E-state index in [-0.39, 0.29) is 24.9 Å². The van der Waals surface area contributed by atoms with Crippen molar-refractivity contribution in [3.8, 4) is 0 Å². The highest BCUT2D eigenvalue weighted by molar-refractivity contribution is 9.10. The molecular weight excluding hydrogens is 390 g/mol. The number of halogens is 2. The van der Waals surface area contributed by atoms with E-state index in [1.54, 1.807) is 6.20 Å². The fourth-order valence-corrected chi connectivity index (χ4v) is 3.10. The van der Waals surface area contributed by atoms with Crippen LogP contribution in [0.3, 0.4) is 0 Å². The lowest BCUT2D eigenvalue weighted by molar-refractivity contribution is -0.142. The summed E-state index contributed by atoms with van der Waals surface area (Å²) in [4.78, 5) is 18.6. The molecule has 1 aromatic carbocycles. The zero-order chi connectivity index (χ0) is 15.2. The Morgan fingerprint density at radius 1 is 1.45 bits per heavy atom. The minimum Gasteiger partial charge on any atom is -0.468 e. The van der Waals surface area contributed by atoms with Gasteiger partial charge < -0.3 is 10.5 Å². The molecule has 120 valence electrons. The van der Waals surface area contributed by atoms with Crippen molar-refractivity contribution >= 4 is 50.8 Å². The smallest absolute Gasteiger partial charge is 0.319 e. The second kappa shape index (κ2) is 9.09. The first-order valence-corrected chi connectivity index (χ1v) is 7.91. The average molecular weight is 407 g/mol. The van der Waals surface area contributed by atoms with Gasteiger partial charge in [0.1, 0.15) is 0 Å². The average Bonchev–Trinajstić information content (AvgIpc) is 2.84. The number of methoxy groups -OCH3 is 1. The van der Waals surface area contributed by atoms with Crippen molar-refractivity contribution in [2.45, 2.75) is 13.1 Å². The van der Waals surface area contributed by atoms with Gasteiger partial charge >= 0.3 is 5.97 Å². The first-order valence-electron chi connectivity index (χ1n) is 6.30. The van der Waals surface area contributed by atoms with Crippen LogP contribution < -0.4 is 5.73 Å². The van der Waals surface area contributed by atoms with Gasteiger partial charge in [-0.1, -0.05) is 28.1 Å². The van der Waals surface area contributed by atoms with Gasteiger partial charge in [0.25, 0.3) is 0 Å². The minimum atomic E-state index is -0.262. The summed E-state index contributed by atoms with van der Waals surface area (Å²) in [6, 6.07) is 8.00. The number of hydrogen-bond donors (Lipinski definition) is 1. The predicted octanol–water partition coefficient (Wildman–Crippen LogP) is 3.08. The summed E-state index contributed by atoms with van der Waals surface area (Å²) in [6.07, 6.45) is 1.74. The van der Waals surface area contributed by atoms with E-state index in [9.17, 15) is 4.79 Å². The van der Waals surface area contributed by atoms with Crippen molar-refractivity contribution in [3.05, 3.63) is 45.4 Å². The molecule has 0 unspecified atom stereocenters. The number of rotatable bonds is 6. The Hall–Kier alpha value is -1.15. The maximum atomic E-state index is 11.6. The fraction of sp³-hybridized carbons (Fsp3) is 0.286. The number of aromatic nitrogens is 1. The summed E-state index contributed by atoms with van der Waals surface area (Å²) >= 11 is 4.88. The van der Waals surface area contributed by atoms with Crippen molar-refractivity contribution in [3.63, 3.8) is 0 Å². The first kappa shape index (κ1) is 18.9. The van der Waals surface area contributed by atoms with E-state index in [0.717, 1.165) is 14.9 Å². The number of hydrogen-bond acceptors (Lipinski definition) is 6. The van der Waals surface area contributed by atoms with Crippen LogP contribution in [0.5, 0.6) is 0 Å². The van der Waals surface area contributed by atoms with Gasteiger partial charge in [0.05, 0.1) is 13.7 Å². The van der Waals surface area contributed by atoms with Crippen molar-refractivity contribution < 1.29 is 9.53 Å². The molecule has 0 aliphatic rings. The van der Waals surface area contributed by atoms with Gasteiger partial charge in [0, 0.05) is 28.6 Å². The van der Waals surface area contributed by atoms with Gasteiger partial charge in [0.2, 0.25) is 0 Å². The first-order chi connectivity index (χ1) is 10.1. The Labute approximate surface area is 148 Å². The highest BCUT2D eigenvalue weighted by Gasteiger charge is 2.14. The largest absolute Gasteiger partial charge is 0.468 e. The Kier molecular flexibility index (Phi) is 7.81. The molecule has 2 aromatic rings. The molecule has 0 aliphatic carbocycles. The molecule has 2 rings (SSSR count). The van der Waals surface area contributed by atoms with E-state index in [1.165, 1.54) is 18.4 Å². The third-order valence-electron chi connectivity index (χ3n) is 2.83. The number of thiazole rings is 1. The van der Waals surface area contributed by atoms with Crippen molar-refractivity contribution in [1.82, 2.24) is 9.88 Å². The molecule has 0 bridgehead atoms. The molecule has 0 fully saturated rings. The number of benzene rings is 1. The number of nitrogens with two attached hydrogens (primary N) is 1. The molecule has 8 heteroatoms. The van der Waals surface area contributed by atoms with Crippen LogP contribution in [0.4, 0.5) is 5.13 Å². The Bertz CT molecular complexity index is 624. The number of nitrogen functional groups attached to an aromatic ring is 1. The van der Waals surface area contributed by atoms with Crippen molar-refractivity contribution in [2.24, 2.45) is 0 Å². The molecule has 0 saturated heterocycles. The van der Waals surface area contributed by atoms with Crippen LogP contribution in [-0.2, 0) is 22.6 Å². The van der Waals surface area contributed by atoms with Gasteiger partial charge in [-0.15, -0.1) is 23.7 Å². The van der Waals surface area contributed by atoms with Crippen LogP contribution in [0.15, 0.2) is 34.9 Å². The third kappa shape index (κ3) is 5.92. The molecule has 0 amide bonds. The minimum absolute atomic E-state index is 0. The standard InChI is InChI=1S/C14H16BrN3O2S.ClH/c1-20-13(19)9-18(8-12-6-17-14(16)21-12)7-10-3-2-4-11(15)5-10;/h2-6H,7-9H2,1H3,(H2,16,17);1H. The second-order valence-electron chi connectivity index (χ2n) is 4.52. The van der Waals surface area contributed by atoms with Crippen LogP contribution in [0.2, 0.25) is 0 Å². The molecule has 2 N–H and O–H groups in total. The van der Waals surface area contributed by atoms with E-state index in [4.69, 9.17) is 10.5 Å². The van der Waals surface area contributed by atoms with Crippen LogP contribution >= 0.6 is 39.7 Å². The van der Waals surface area contributed by atoms with Gasteiger partial charge in [-0.25, -0.2) is 4.98 Å². The fourth-order valence-electron chi connectivity index (χ4n) is 1.92. The number of anilines is 1. The number of carbonyl (C=O) groups is 1. The van der Waals surface area contributed by atoms with Gasteiger partial charge in [-0.2, -0.15) is 0 Å². The molecule has 0 radical (unpaired) electrons. The highest BCUT2D eigenvalue weighted by Crippen LogP contribution is 2.19. The lowest BCUT2D eigenvalue weighted by Crippen LogP contribution is -2.29. The Balaban J connectivity index is 0.00000242. The Morgan fingerprint density at radius 3 is 2.82 bits per heavy atom. The van der Waals surface area contributed by atoms with E-state index >= 15 is 0 Å². The lowest BCUT2D eigenvalue weighted by atomic mass is 10.2. The molecule has 1 heterocycles. The molecule has 0 spiro atoms. The SMILES string of the molecule is COC(=O)CN(Cc1cccc(Br)c1)Cc1cnc(N)s1.Cl. The topological polar surface area (TPSA) is 68.5 Å². The quantitative estimate of drug-likeness (QED) is 0.747. The van der Waals surface area contributed by atoms with Gasteiger partial charge in [-0.05, 0) is 17.7 Å². The number of carbonyl (C=O) groups excluding carboxylic acids is 1. The van der Waals surface area contributed by atoms with Crippen molar-refractivity contribution in [2.75, 3.05) is 19.4 Å². The number of ether oxygens (including phenoxy) is 1. The van der Waals surface area contributed by atoms with Crippen molar-refractivity contribution in [1.29, 1.82) is 0 Å². The summed E-state index contributed by atoms with van der Waals surface area (Å²) in [6.45, 7) is 1.48. The Morgan fingerprint density at radius 2 is 2.23 bits per heavy atom. The van der Waals surface area contributed by atoms with E-state index in [2.05, 4.69) is 20.9 Å². The molecule has 22 heavy (non-hydrogen) atoms. The van der Waals surface area contributed by atoms with Gasteiger partial charge in [-0.3, -0.25) is 9.69 Å². The molecule has 0 saturated carbocycles. The van der Waals surface area contributed by atoms with Crippen LogP contribution in [0.1, 0.15) is 10.4 Å². The molecule has 5 nitrogen and oxygen atoms in total. The van der Waals surface area contributed by atoms with E-state index < -0.39 is 0 Å². The third-order valence-corrected chi connectivity index (χ3v) is 4.13. The van der Waals surface area contributed by atoms with Crippen LogP contribution in [0.25, 0.3) is 0 Å². The van der Waals surface area contributed by atoms with Crippen LogP contribution in [0, 0.1) is 0 Å². The summed E-state index contributed by atoms with van der Waals surface area (Å²) in [5, 5.41) is 0.533. The molecule has 0 aliphatic heterocycles. The van der Waals surface area contributed by atoms with Crippen LogP contribution in [-0.4, -0.2) is 29.5 Å². The molecular formula is C14H17BrClN3O2S. The lowest BCUT2D eigenvalue weighted by Gasteiger charge is -2.20. The normalized spacial score (nSPS) is 10.3. The predicted molar refractivity (Wildman–Crippen MR) is 94.0 cm³/mol. The molecule has 1 aromatic heterocycles. The monoisotopic (exact) mass is 405 g/mol. The number of nitrogens with zero attached hydrogens (tertiary/aromatic N) is 2. The zero-order valence-corrected chi connectivity index (χ0v) is 15.2. The second-order valence-corrected chi connectivity index (χ2v) is 6.58. The summed E-state index contributed by atoms with van der Waals surface area (Å²) in [7, 11) is 1.39. The molecule has 0 atom stereocenters. The van der Waals surface area contributed by atoms with E-state index in [0.29, 0.717) is 18.2 Å². The van der Waals surface area contributed by atoms with E-state index in [1.807, 2.05) is 29.2 Å². The summed E-state index contributed by atoms with van der Waals surface area (Å²) < 4.78 is 5.77.